The van der Waals surface area contributed by atoms with Crippen LogP contribution in [0, 0.1) is 5.92 Å². The maximum Gasteiger partial charge on any atom is 0.241 e. The van der Waals surface area contributed by atoms with Crippen LogP contribution in [0.15, 0.2) is 0 Å². The molecule has 1 atom stereocenters. The van der Waals surface area contributed by atoms with E-state index in [0.717, 1.165) is 32.1 Å². The Bertz CT molecular complexity index is 622. The molecule has 0 radical (unpaired) electrons. The molecule has 0 aromatic heterocycles. The standard InChI is InChI=1S/C18H31N3O4S/c1-2-14-26(24,25)21-9-5-8-16(21)18(23)20-12-10-19(11-13-20)17(22)15-6-3-4-7-15/h15-16H,2-14H2,1H3. The molecule has 0 aromatic rings. The molecule has 8 heteroatoms. The first kappa shape index (κ1) is 19.6. The highest BCUT2D eigenvalue weighted by Crippen LogP contribution is 2.28. The number of carbonyl (C=O) groups excluding carboxylic acids is 2. The van der Waals surface area contributed by atoms with E-state index in [1.165, 1.54) is 4.31 Å². The zero-order valence-electron chi connectivity index (χ0n) is 15.7. The van der Waals surface area contributed by atoms with Gasteiger partial charge in [0.15, 0.2) is 0 Å². The lowest BCUT2D eigenvalue weighted by atomic mass is 10.1. The summed E-state index contributed by atoms with van der Waals surface area (Å²) in [6, 6.07) is -0.552. The molecule has 26 heavy (non-hydrogen) atoms. The van der Waals surface area contributed by atoms with Gasteiger partial charge in [0, 0.05) is 38.6 Å². The van der Waals surface area contributed by atoms with E-state index in [1.807, 2.05) is 11.8 Å². The lowest BCUT2D eigenvalue weighted by molar-refractivity contribution is -0.143. The summed E-state index contributed by atoms with van der Waals surface area (Å²) in [5.74, 6) is 0.417. The van der Waals surface area contributed by atoms with Gasteiger partial charge in [-0.3, -0.25) is 9.59 Å². The highest BCUT2D eigenvalue weighted by atomic mass is 32.2. The van der Waals surface area contributed by atoms with E-state index in [4.69, 9.17) is 0 Å². The summed E-state index contributed by atoms with van der Waals surface area (Å²) in [5, 5.41) is 0. The van der Waals surface area contributed by atoms with Crippen molar-refractivity contribution < 1.29 is 18.0 Å². The Balaban J connectivity index is 1.57. The molecule has 0 aromatic carbocycles. The SMILES string of the molecule is CCCS(=O)(=O)N1CCCC1C(=O)N1CCN(C(=O)C2CCCC2)CC1. The molecule has 7 nitrogen and oxygen atoms in total. The lowest BCUT2D eigenvalue weighted by Gasteiger charge is -2.38. The fourth-order valence-corrected chi connectivity index (χ4v) is 6.23. The van der Waals surface area contributed by atoms with E-state index in [2.05, 4.69) is 0 Å². The van der Waals surface area contributed by atoms with Crippen LogP contribution in [0.1, 0.15) is 51.9 Å². The van der Waals surface area contributed by atoms with Crippen molar-refractivity contribution in [2.75, 3.05) is 38.5 Å². The van der Waals surface area contributed by atoms with E-state index < -0.39 is 16.1 Å². The number of amides is 2. The third-order valence-corrected chi connectivity index (χ3v) is 7.99. The van der Waals surface area contributed by atoms with Crippen LogP contribution < -0.4 is 0 Å². The first-order valence-electron chi connectivity index (χ1n) is 10.0. The summed E-state index contributed by atoms with van der Waals surface area (Å²) in [6.45, 7) is 4.43. The molecule has 0 bridgehead atoms. The Kier molecular flexibility index (Phi) is 6.22. The molecule has 0 N–H and O–H groups in total. The third kappa shape index (κ3) is 4.06. The van der Waals surface area contributed by atoms with Gasteiger partial charge in [-0.25, -0.2) is 8.42 Å². The number of hydrogen-bond acceptors (Lipinski definition) is 4. The van der Waals surface area contributed by atoms with Crippen LogP contribution in [0.2, 0.25) is 0 Å². The van der Waals surface area contributed by atoms with Crippen molar-refractivity contribution >= 4 is 21.8 Å². The molecule has 2 heterocycles. The van der Waals surface area contributed by atoms with Crippen molar-refractivity contribution in [1.29, 1.82) is 0 Å². The van der Waals surface area contributed by atoms with Gasteiger partial charge in [0.05, 0.1) is 5.75 Å². The summed E-state index contributed by atoms with van der Waals surface area (Å²) < 4.78 is 26.3. The monoisotopic (exact) mass is 385 g/mol. The molecule has 3 fully saturated rings. The zero-order chi connectivity index (χ0) is 18.7. The largest absolute Gasteiger partial charge is 0.339 e. The molecule has 1 aliphatic carbocycles. The van der Waals surface area contributed by atoms with Crippen molar-refractivity contribution in [1.82, 2.24) is 14.1 Å². The Morgan fingerprint density at radius 2 is 1.42 bits per heavy atom. The van der Waals surface area contributed by atoms with Crippen LogP contribution in [0.4, 0.5) is 0 Å². The van der Waals surface area contributed by atoms with Gasteiger partial charge in [-0.15, -0.1) is 0 Å². The fraction of sp³-hybridized carbons (Fsp3) is 0.889. The number of piperazine rings is 1. The average molecular weight is 386 g/mol. The van der Waals surface area contributed by atoms with Gasteiger partial charge in [-0.05, 0) is 32.1 Å². The van der Waals surface area contributed by atoms with E-state index >= 15 is 0 Å². The van der Waals surface area contributed by atoms with Crippen molar-refractivity contribution in [3.05, 3.63) is 0 Å². The van der Waals surface area contributed by atoms with Gasteiger partial charge in [-0.1, -0.05) is 19.8 Å². The van der Waals surface area contributed by atoms with Crippen molar-refractivity contribution in [2.24, 2.45) is 5.92 Å². The van der Waals surface area contributed by atoms with Crippen molar-refractivity contribution in [3.8, 4) is 0 Å². The predicted molar refractivity (Wildman–Crippen MR) is 98.9 cm³/mol. The first-order valence-corrected chi connectivity index (χ1v) is 11.6. The highest BCUT2D eigenvalue weighted by Gasteiger charge is 2.41. The summed E-state index contributed by atoms with van der Waals surface area (Å²) in [7, 11) is -3.36. The summed E-state index contributed by atoms with van der Waals surface area (Å²) in [5.41, 5.74) is 0. The summed E-state index contributed by atoms with van der Waals surface area (Å²) >= 11 is 0. The quantitative estimate of drug-likeness (QED) is 0.709. The smallest absolute Gasteiger partial charge is 0.241 e. The molecule has 0 spiro atoms. The average Bonchev–Trinajstić information content (AvgIpc) is 3.32. The number of sulfonamides is 1. The van der Waals surface area contributed by atoms with E-state index in [9.17, 15) is 18.0 Å². The minimum absolute atomic E-state index is 0.0878. The Morgan fingerprint density at radius 3 is 2.00 bits per heavy atom. The molecular weight excluding hydrogens is 354 g/mol. The maximum atomic E-state index is 12.9. The normalized spacial score (nSPS) is 25.8. The lowest BCUT2D eigenvalue weighted by Crippen LogP contribution is -2.56. The van der Waals surface area contributed by atoms with Crippen LogP contribution in [0.25, 0.3) is 0 Å². The topological polar surface area (TPSA) is 78.0 Å². The van der Waals surface area contributed by atoms with Crippen LogP contribution in [0.5, 0.6) is 0 Å². The van der Waals surface area contributed by atoms with E-state index in [-0.39, 0.29) is 23.5 Å². The van der Waals surface area contributed by atoms with Crippen molar-refractivity contribution in [3.63, 3.8) is 0 Å². The second kappa shape index (κ2) is 8.25. The molecule has 1 unspecified atom stereocenters. The summed E-state index contributed by atoms with van der Waals surface area (Å²) in [6.07, 6.45) is 6.15. The highest BCUT2D eigenvalue weighted by molar-refractivity contribution is 7.89. The Hall–Kier alpha value is -1.15. The molecule has 2 aliphatic heterocycles. The molecule has 2 saturated heterocycles. The number of rotatable bonds is 5. The van der Waals surface area contributed by atoms with Crippen LogP contribution >= 0.6 is 0 Å². The minimum Gasteiger partial charge on any atom is -0.339 e. The van der Waals surface area contributed by atoms with Gasteiger partial charge < -0.3 is 9.80 Å². The van der Waals surface area contributed by atoms with E-state index in [1.54, 1.807) is 4.90 Å². The van der Waals surface area contributed by atoms with Gasteiger partial charge in [0.25, 0.3) is 0 Å². The number of hydrogen-bond donors (Lipinski definition) is 0. The molecule has 1 saturated carbocycles. The van der Waals surface area contributed by atoms with E-state index in [0.29, 0.717) is 45.6 Å². The molecular formula is C18H31N3O4S. The third-order valence-electron chi connectivity index (χ3n) is 5.92. The molecule has 2 amide bonds. The second-order valence-corrected chi connectivity index (χ2v) is 9.76. The number of carbonyl (C=O) groups is 2. The van der Waals surface area contributed by atoms with Gasteiger partial charge in [-0.2, -0.15) is 4.31 Å². The van der Waals surface area contributed by atoms with Gasteiger partial charge >= 0.3 is 0 Å². The van der Waals surface area contributed by atoms with Crippen LogP contribution in [-0.2, 0) is 19.6 Å². The molecule has 148 valence electrons. The Morgan fingerprint density at radius 1 is 0.846 bits per heavy atom. The fourth-order valence-electron chi connectivity index (χ4n) is 4.48. The summed E-state index contributed by atoms with van der Waals surface area (Å²) in [4.78, 5) is 29.1. The Labute approximate surface area is 156 Å². The molecule has 3 rings (SSSR count). The minimum atomic E-state index is -3.36. The van der Waals surface area contributed by atoms with Gasteiger partial charge in [0.2, 0.25) is 21.8 Å². The van der Waals surface area contributed by atoms with Gasteiger partial charge in [0.1, 0.15) is 6.04 Å². The first-order chi connectivity index (χ1) is 12.4. The predicted octanol–water partition coefficient (Wildman–Crippen LogP) is 1.05. The van der Waals surface area contributed by atoms with Crippen molar-refractivity contribution in [2.45, 2.75) is 57.9 Å². The molecule has 3 aliphatic rings. The van der Waals surface area contributed by atoms with Crippen LogP contribution in [0.3, 0.4) is 0 Å². The van der Waals surface area contributed by atoms with Crippen LogP contribution in [-0.4, -0.2) is 78.9 Å². The maximum absolute atomic E-state index is 12.9. The number of nitrogens with zero attached hydrogens (tertiary/aromatic N) is 3. The zero-order valence-corrected chi connectivity index (χ0v) is 16.5. The second-order valence-electron chi connectivity index (χ2n) is 7.72.